The monoisotopic (exact) mass is 380 g/mol. The van der Waals surface area contributed by atoms with Crippen molar-refractivity contribution in [3.05, 3.63) is 11.9 Å². The fourth-order valence-corrected chi connectivity index (χ4v) is 4.00. The minimum atomic E-state index is -0.855. The predicted octanol–water partition coefficient (Wildman–Crippen LogP) is 1.69. The van der Waals surface area contributed by atoms with E-state index in [1.807, 2.05) is 6.92 Å². The second-order valence-corrected chi connectivity index (χ2v) is 7.75. The molecule has 1 N–H and O–H groups in total. The molecule has 0 unspecified atom stereocenters. The van der Waals surface area contributed by atoms with Gasteiger partial charge in [-0.3, -0.25) is 4.90 Å². The number of hydrogen-bond acceptors (Lipinski definition) is 7. The quantitative estimate of drug-likeness (QED) is 0.832. The number of likely N-dealkylation sites (tertiary alicyclic amines) is 1. The van der Waals surface area contributed by atoms with Gasteiger partial charge >= 0.3 is 12.1 Å². The van der Waals surface area contributed by atoms with Gasteiger partial charge in [0.05, 0.1) is 18.3 Å². The standard InChI is InChI=1S/C18H25FN4O4/c1-18(6-13(19)10-23(18)9-12-2-4-25-5-3-12)11-26-16-20-8-15-14(22-16)7-21-17(24)27-15/h8,12-13H,2-7,9-11H2,1H3,(H,21,24)/t13-,18+/m1/s1. The molecule has 9 heteroatoms. The molecule has 2 saturated heterocycles. The Bertz CT molecular complexity index is 700. The van der Waals surface area contributed by atoms with Crippen LogP contribution in [-0.2, 0) is 11.3 Å². The highest BCUT2D eigenvalue weighted by atomic mass is 19.1. The third kappa shape index (κ3) is 4.14. The molecule has 0 bridgehead atoms. The molecule has 27 heavy (non-hydrogen) atoms. The lowest BCUT2D eigenvalue weighted by atomic mass is 9.95. The molecule has 0 spiro atoms. The Balaban J connectivity index is 1.40. The van der Waals surface area contributed by atoms with E-state index in [-0.39, 0.29) is 12.6 Å². The maximum Gasteiger partial charge on any atom is 0.413 e. The van der Waals surface area contributed by atoms with Crippen LogP contribution in [-0.4, -0.2) is 65.6 Å². The maximum atomic E-state index is 14.2. The molecule has 4 heterocycles. The van der Waals surface area contributed by atoms with E-state index in [9.17, 15) is 9.18 Å². The molecule has 8 nitrogen and oxygen atoms in total. The van der Waals surface area contributed by atoms with Gasteiger partial charge in [-0.05, 0) is 25.7 Å². The average molecular weight is 380 g/mol. The summed E-state index contributed by atoms with van der Waals surface area (Å²) in [5.74, 6) is 0.868. The number of nitrogens with zero attached hydrogens (tertiary/aromatic N) is 3. The van der Waals surface area contributed by atoms with Crippen LogP contribution in [0.2, 0.25) is 0 Å². The van der Waals surface area contributed by atoms with Crippen molar-refractivity contribution >= 4 is 6.09 Å². The average Bonchev–Trinajstić information content (AvgIpc) is 2.94. The minimum absolute atomic E-state index is 0.211. The number of amides is 1. The number of carbonyl (C=O) groups excluding carboxylic acids is 1. The molecule has 1 amide bonds. The Hall–Kier alpha value is -2.00. The zero-order valence-corrected chi connectivity index (χ0v) is 15.4. The Morgan fingerprint density at radius 3 is 3.07 bits per heavy atom. The summed E-state index contributed by atoms with van der Waals surface area (Å²) in [5.41, 5.74) is 0.167. The zero-order chi connectivity index (χ0) is 18.9. The van der Waals surface area contributed by atoms with E-state index in [4.69, 9.17) is 14.2 Å². The second-order valence-electron chi connectivity index (χ2n) is 7.75. The van der Waals surface area contributed by atoms with Crippen molar-refractivity contribution in [2.75, 3.05) is 32.9 Å². The summed E-state index contributed by atoms with van der Waals surface area (Å²) >= 11 is 0. The summed E-state index contributed by atoms with van der Waals surface area (Å²) in [5, 5.41) is 2.55. The van der Waals surface area contributed by atoms with E-state index in [2.05, 4.69) is 20.2 Å². The number of alkyl halides is 1. The molecular weight excluding hydrogens is 355 g/mol. The largest absolute Gasteiger partial charge is 0.461 e. The fraction of sp³-hybridized carbons (Fsp3) is 0.722. The van der Waals surface area contributed by atoms with Crippen LogP contribution in [0.4, 0.5) is 9.18 Å². The number of ether oxygens (including phenoxy) is 3. The van der Waals surface area contributed by atoms with Gasteiger partial charge in [-0.2, -0.15) is 9.97 Å². The van der Waals surface area contributed by atoms with Crippen LogP contribution in [0.15, 0.2) is 6.20 Å². The first-order chi connectivity index (χ1) is 13.0. The summed E-state index contributed by atoms with van der Waals surface area (Å²) in [4.78, 5) is 21.8. The van der Waals surface area contributed by atoms with Crippen molar-refractivity contribution in [2.24, 2.45) is 5.92 Å². The van der Waals surface area contributed by atoms with E-state index in [1.165, 1.54) is 6.20 Å². The molecule has 1 aromatic rings. The number of carbonyl (C=O) groups is 1. The van der Waals surface area contributed by atoms with E-state index >= 15 is 0 Å². The lowest BCUT2D eigenvalue weighted by Crippen LogP contribution is -2.48. The topological polar surface area (TPSA) is 85.8 Å². The van der Waals surface area contributed by atoms with Crippen LogP contribution in [0.25, 0.3) is 0 Å². The van der Waals surface area contributed by atoms with Crippen molar-refractivity contribution in [1.29, 1.82) is 0 Å². The zero-order valence-electron chi connectivity index (χ0n) is 15.4. The van der Waals surface area contributed by atoms with E-state index in [0.717, 1.165) is 32.6 Å². The van der Waals surface area contributed by atoms with Gasteiger partial charge in [0.15, 0.2) is 5.75 Å². The predicted molar refractivity (Wildman–Crippen MR) is 93.4 cm³/mol. The van der Waals surface area contributed by atoms with Gasteiger partial charge in [0.2, 0.25) is 0 Å². The normalized spacial score (nSPS) is 29.1. The third-order valence-electron chi connectivity index (χ3n) is 5.58. The number of rotatable bonds is 5. The highest BCUT2D eigenvalue weighted by Gasteiger charge is 2.44. The first-order valence-electron chi connectivity index (χ1n) is 9.43. The Morgan fingerprint density at radius 2 is 2.26 bits per heavy atom. The van der Waals surface area contributed by atoms with Gasteiger partial charge in [0.25, 0.3) is 0 Å². The van der Waals surface area contributed by atoms with E-state index < -0.39 is 17.8 Å². The summed E-state index contributed by atoms with van der Waals surface area (Å²) in [6.07, 6.45) is 2.53. The Morgan fingerprint density at radius 1 is 1.44 bits per heavy atom. The van der Waals surface area contributed by atoms with Crippen LogP contribution < -0.4 is 14.8 Å². The molecule has 0 aliphatic carbocycles. The SMILES string of the molecule is C[C@@]1(COc2ncc3c(n2)CNC(=O)O3)C[C@@H](F)CN1CC1CCOCC1. The highest BCUT2D eigenvalue weighted by Crippen LogP contribution is 2.33. The van der Waals surface area contributed by atoms with Crippen molar-refractivity contribution in [3.8, 4) is 11.8 Å². The van der Waals surface area contributed by atoms with Gasteiger partial charge in [-0.25, -0.2) is 9.18 Å². The first kappa shape index (κ1) is 18.4. The van der Waals surface area contributed by atoms with Crippen LogP contribution in [0.5, 0.6) is 11.8 Å². The number of halogens is 1. The highest BCUT2D eigenvalue weighted by molar-refractivity contribution is 5.72. The second kappa shape index (κ2) is 7.55. The van der Waals surface area contributed by atoms with Crippen LogP contribution in [0.3, 0.4) is 0 Å². The molecule has 0 radical (unpaired) electrons. The van der Waals surface area contributed by atoms with Crippen LogP contribution in [0, 0.1) is 5.92 Å². The number of hydrogen-bond donors (Lipinski definition) is 1. The number of fused-ring (bicyclic) bond motifs is 1. The lowest BCUT2D eigenvalue weighted by Gasteiger charge is -2.37. The molecule has 148 valence electrons. The van der Waals surface area contributed by atoms with Gasteiger partial charge in [-0.15, -0.1) is 0 Å². The van der Waals surface area contributed by atoms with Crippen molar-refractivity contribution in [1.82, 2.24) is 20.2 Å². The maximum absolute atomic E-state index is 14.2. The van der Waals surface area contributed by atoms with Gasteiger partial charge < -0.3 is 19.5 Å². The molecule has 0 saturated carbocycles. The molecule has 3 aliphatic heterocycles. The Labute approximate surface area is 157 Å². The van der Waals surface area contributed by atoms with Crippen molar-refractivity contribution in [2.45, 2.75) is 44.4 Å². The van der Waals surface area contributed by atoms with Crippen molar-refractivity contribution in [3.63, 3.8) is 0 Å². The molecule has 2 fully saturated rings. The fourth-order valence-electron chi connectivity index (χ4n) is 4.00. The first-order valence-corrected chi connectivity index (χ1v) is 9.43. The number of nitrogens with one attached hydrogen (secondary N) is 1. The minimum Gasteiger partial charge on any atom is -0.461 e. The van der Waals surface area contributed by atoms with E-state index in [0.29, 0.717) is 36.9 Å². The molecule has 2 atom stereocenters. The van der Waals surface area contributed by atoms with Gasteiger partial charge in [0, 0.05) is 32.7 Å². The van der Waals surface area contributed by atoms with Crippen LogP contribution >= 0.6 is 0 Å². The summed E-state index contributed by atoms with van der Waals surface area (Å²) in [6.45, 7) is 5.47. The molecule has 3 aliphatic rings. The van der Waals surface area contributed by atoms with E-state index in [1.54, 1.807) is 0 Å². The Kier molecular flexibility index (Phi) is 5.14. The molecule has 0 aromatic carbocycles. The molecule has 4 rings (SSSR count). The molecule has 1 aromatic heterocycles. The summed E-state index contributed by atoms with van der Waals surface area (Å²) in [7, 11) is 0. The molecular formula is C18H25FN4O4. The third-order valence-corrected chi connectivity index (χ3v) is 5.58. The van der Waals surface area contributed by atoms with Crippen LogP contribution in [0.1, 0.15) is 31.9 Å². The van der Waals surface area contributed by atoms with Crippen molar-refractivity contribution < 1.29 is 23.4 Å². The van der Waals surface area contributed by atoms with Gasteiger partial charge in [-0.1, -0.05) is 0 Å². The number of aromatic nitrogens is 2. The smallest absolute Gasteiger partial charge is 0.413 e. The summed E-state index contributed by atoms with van der Waals surface area (Å²) < 4.78 is 30.5. The van der Waals surface area contributed by atoms with Gasteiger partial charge in [0.1, 0.15) is 18.5 Å². The lowest BCUT2D eigenvalue weighted by molar-refractivity contribution is 0.0265. The summed E-state index contributed by atoms with van der Waals surface area (Å²) in [6, 6.07) is 0.211.